The molecule has 12 nitrogen and oxygen atoms in total. The summed E-state index contributed by atoms with van der Waals surface area (Å²) >= 11 is 0. The minimum absolute atomic E-state index is 0.0257. The van der Waals surface area contributed by atoms with E-state index < -0.39 is 21.7 Å². The SMILES string of the molecule is O=C1NN(c2ccccc2)C(=O)C1=Cc1cc([N+](=O)[O-])ccc1Oc1ccc([N+](=O)[O-])cn1. The molecule has 1 aromatic heterocycles. The molecule has 0 unspecified atom stereocenters. The minimum Gasteiger partial charge on any atom is -0.438 e. The second kappa shape index (κ2) is 8.55. The first-order valence-electron chi connectivity index (χ1n) is 9.32. The number of nitrogens with one attached hydrogen (secondary N) is 1. The van der Waals surface area contributed by atoms with Crippen LogP contribution < -0.4 is 15.2 Å². The maximum atomic E-state index is 12.8. The number of nitro groups is 2. The summed E-state index contributed by atoms with van der Waals surface area (Å²) in [6.07, 6.45) is 2.17. The van der Waals surface area contributed by atoms with Crippen molar-refractivity contribution in [3.8, 4) is 11.6 Å². The van der Waals surface area contributed by atoms with Crippen molar-refractivity contribution in [2.75, 3.05) is 5.01 Å². The number of hydrazine groups is 1. The standard InChI is InChI=1S/C21H13N5O7/c27-20-17(21(28)24(23-20)14-4-2-1-3-5-14)11-13-10-15(25(29)30)6-8-18(13)33-19-9-7-16(12-22-19)26(31)32/h1-12H,(H,23,27). The van der Waals surface area contributed by atoms with Crippen LogP contribution in [0.3, 0.4) is 0 Å². The van der Waals surface area contributed by atoms with Crippen LogP contribution in [-0.2, 0) is 9.59 Å². The van der Waals surface area contributed by atoms with Gasteiger partial charge in [-0.25, -0.2) is 9.99 Å². The quantitative estimate of drug-likeness (QED) is 0.261. The van der Waals surface area contributed by atoms with Crippen molar-refractivity contribution in [2.24, 2.45) is 0 Å². The zero-order chi connectivity index (χ0) is 23.5. The van der Waals surface area contributed by atoms with Crippen LogP contribution in [0.5, 0.6) is 11.6 Å². The molecular weight excluding hydrogens is 434 g/mol. The first-order valence-corrected chi connectivity index (χ1v) is 9.32. The average molecular weight is 447 g/mol. The normalized spacial score (nSPS) is 14.3. The molecule has 12 heteroatoms. The molecule has 1 N–H and O–H groups in total. The number of carbonyl (C=O) groups is 2. The van der Waals surface area contributed by atoms with Gasteiger partial charge >= 0.3 is 0 Å². The summed E-state index contributed by atoms with van der Waals surface area (Å²) in [6, 6.07) is 14.4. The van der Waals surface area contributed by atoms with Crippen LogP contribution in [0.15, 0.2) is 72.4 Å². The number of ether oxygens (including phenoxy) is 1. The molecule has 4 rings (SSSR count). The smallest absolute Gasteiger partial charge is 0.287 e. The molecule has 2 aromatic carbocycles. The van der Waals surface area contributed by atoms with Gasteiger partial charge in [0.25, 0.3) is 23.2 Å². The van der Waals surface area contributed by atoms with Crippen molar-refractivity contribution in [2.45, 2.75) is 0 Å². The van der Waals surface area contributed by atoms with Gasteiger partial charge in [-0.15, -0.1) is 0 Å². The molecule has 3 aromatic rings. The number of non-ortho nitro benzene ring substituents is 1. The summed E-state index contributed by atoms with van der Waals surface area (Å²) in [7, 11) is 0. The summed E-state index contributed by atoms with van der Waals surface area (Å²) in [6.45, 7) is 0. The van der Waals surface area contributed by atoms with Gasteiger partial charge in [-0.05, 0) is 24.3 Å². The van der Waals surface area contributed by atoms with Gasteiger partial charge in [0.15, 0.2) is 0 Å². The van der Waals surface area contributed by atoms with Crippen molar-refractivity contribution in [1.29, 1.82) is 0 Å². The fourth-order valence-electron chi connectivity index (χ4n) is 2.98. The third kappa shape index (κ3) is 4.34. The van der Waals surface area contributed by atoms with E-state index in [1.165, 1.54) is 30.3 Å². The van der Waals surface area contributed by atoms with E-state index in [2.05, 4.69) is 10.4 Å². The van der Waals surface area contributed by atoms with Gasteiger partial charge in [0.2, 0.25) is 5.88 Å². The predicted molar refractivity (Wildman–Crippen MR) is 114 cm³/mol. The lowest BCUT2D eigenvalue weighted by molar-refractivity contribution is -0.385. The number of anilines is 1. The van der Waals surface area contributed by atoms with Gasteiger partial charge in [-0.2, -0.15) is 0 Å². The molecule has 0 radical (unpaired) electrons. The summed E-state index contributed by atoms with van der Waals surface area (Å²) < 4.78 is 5.61. The van der Waals surface area contributed by atoms with Gasteiger partial charge in [0.05, 0.1) is 15.5 Å². The Hall–Kier alpha value is -5.13. The summed E-state index contributed by atoms with van der Waals surface area (Å²) in [5.41, 5.74) is 2.14. The number of nitro benzene ring substituents is 1. The van der Waals surface area contributed by atoms with E-state index in [0.717, 1.165) is 17.3 Å². The third-order valence-electron chi connectivity index (χ3n) is 4.56. The molecular formula is C21H13N5O7. The molecule has 1 fully saturated rings. The first kappa shape index (κ1) is 21.1. The summed E-state index contributed by atoms with van der Waals surface area (Å²) in [5, 5.41) is 23.1. The first-order chi connectivity index (χ1) is 15.8. The Morgan fingerprint density at radius 2 is 1.64 bits per heavy atom. The van der Waals surface area contributed by atoms with Crippen LogP contribution in [0.1, 0.15) is 5.56 Å². The lowest BCUT2D eigenvalue weighted by Crippen LogP contribution is -2.35. The van der Waals surface area contributed by atoms with Gasteiger partial charge in [0, 0.05) is 29.8 Å². The highest BCUT2D eigenvalue weighted by molar-refractivity contribution is 6.31. The predicted octanol–water partition coefficient (Wildman–Crippen LogP) is 3.15. The fraction of sp³-hybridized carbons (Fsp3) is 0. The number of aromatic nitrogens is 1. The molecule has 2 heterocycles. The Labute approximate surface area is 185 Å². The Morgan fingerprint density at radius 1 is 0.939 bits per heavy atom. The Bertz CT molecular complexity index is 1310. The molecule has 33 heavy (non-hydrogen) atoms. The van der Waals surface area contributed by atoms with E-state index in [4.69, 9.17) is 4.74 Å². The van der Waals surface area contributed by atoms with Crippen LogP contribution >= 0.6 is 0 Å². The third-order valence-corrected chi connectivity index (χ3v) is 4.56. The van der Waals surface area contributed by atoms with E-state index in [1.807, 2.05) is 0 Å². The van der Waals surface area contributed by atoms with Crippen molar-refractivity contribution in [1.82, 2.24) is 10.4 Å². The van der Waals surface area contributed by atoms with Crippen LogP contribution in [-0.4, -0.2) is 26.6 Å². The average Bonchev–Trinajstić information content (AvgIpc) is 3.09. The zero-order valence-corrected chi connectivity index (χ0v) is 16.6. The highest BCUT2D eigenvalue weighted by Crippen LogP contribution is 2.31. The number of rotatable bonds is 6. The van der Waals surface area contributed by atoms with Crippen molar-refractivity contribution in [3.63, 3.8) is 0 Å². The van der Waals surface area contributed by atoms with Crippen LogP contribution in [0.4, 0.5) is 17.1 Å². The molecule has 0 spiro atoms. The molecule has 0 saturated carbocycles. The van der Waals surface area contributed by atoms with Crippen molar-refractivity contribution in [3.05, 3.63) is 98.2 Å². The van der Waals surface area contributed by atoms with Crippen molar-refractivity contribution >= 4 is 35.0 Å². The Kier molecular flexibility index (Phi) is 5.47. The number of hydrogen-bond donors (Lipinski definition) is 1. The van der Waals surface area contributed by atoms with Gasteiger partial charge < -0.3 is 4.74 Å². The Morgan fingerprint density at radius 3 is 2.27 bits per heavy atom. The van der Waals surface area contributed by atoms with Gasteiger partial charge in [-0.3, -0.25) is 35.2 Å². The van der Waals surface area contributed by atoms with E-state index in [0.29, 0.717) is 5.69 Å². The minimum atomic E-state index is -0.699. The van der Waals surface area contributed by atoms with E-state index >= 15 is 0 Å². The number of para-hydroxylation sites is 1. The molecule has 0 aliphatic carbocycles. The number of pyridine rings is 1. The maximum absolute atomic E-state index is 12.8. The number of benzene rings is 2. The molecule has 1 aliphatic heterocycles. The monoisotopic (exact) mass is 447 g/mol. The number of amides is 2. The zero-order valence-electron chi connectivity index (χ0n) is 16.6. The second-order valence-corrected chi connectivity index (χ2v) is 6.67. The highest BCUT2D eigenvalue weighted by Gasteiger charge is 2.34. The number of nitrogens with zero attached hydrogens (tertiary/aromatic N) is 4. The molecule has 2 amide bonds. The molecule has 0 bridgehead atoms. The molecule has 1 saturated heterocycles. The maximum Gasteiger partial charge on any atom is 0.287 e. The lowest BCUT2D eigenvalue weighted by atomic mass is 10.1. The lowest BCUT2D eigenvalue weighted by Gasteiger charge is -2.13. The summed E-state index contributed by atoms with van der Waals surface area (Å²) in [5.74, 6) is -1.33. The van der Waals surface area contributed by atoms with Crippen LogP contribution in [0.25, 0.3) is 6.08 Å². The van der Waals surface area contributed by atoms with Gasteiger partial charge in [-0.1, -0.05) is 18.2 Å². The molecule has 1 aliphatic rings. The molecule has 164 valence electrons. The molecule has 0 atom stereocenters. The van der Waals surface area contributed by atoms with Crippen LogP contribution in [0, 0.1) is 20.2 Å². The fourth-order valence-corrected chi connectivity index (χ4v) is 2.98. The largest absolute Gasteiger partial charge is 0.438 e. The Balaban J connectivity index is 1.71. The second-order valence-electron chi connectivity index (χ2n) is 6.67. The number of hydrogen-bond acceptors (Lipinski definition) is 8. The highest BCUT2D eigenvalue weighted by atomic mass is 16.6. The van der Waals surface area contributed by atoms with Crippen molar-refractivity contribution < 1.29 is 24.2 Å². The number of carbonyl (C=O) groups excluding carboxylic acids is 2. The van der Waals surface area contributed by atoms with E-state index in [1.54, 1.807) is 30.3 Å². The van der Waals surface area contributed by atoms with Crippen LogP contribution in [0.2, 0.25) is 0 Å². The van der Waals surface area contributed by atoms with E-state index in [9.17, 15) is 29.8 Å². The topological polar surface area (TPSA) is 158 Å². The van der Waals surface area contributed by atoms with Gasteiger partial charge in [0.1, 0.15) is 17.5 Å². The van der Waals surface area contributed by atoms with E-state index in [-0.39, 0.29) is 34.1 Å². The summed E-state index contributed by atoms with van der Waals surface area (Å²) in [4.78, 5) is 49.9.